The average Bonchev–Trinajstić information content (AvgIpc) is 2.83. The molecule has 0 bridgehead atoms. The van der Waals surface area contributed by atoms with Crippen molar-refractivity contribution >= 4 is 11.7 Å². The van der Waals surface area contributed by atoms with Crippen molar-refractivity contribution in [2.75, 3.05) is 32.1 Å². The first-order chi connectivity index (χ1) is 10.2. The summed E-state index contributed by atoms with van der Waals surface area (Å²) in [6.45, 7) is -0.0474. The summed E-state index contributed by atoms with van der Waals surface area (Å²) in [7, 11) is 3.72. The van der Waals surface area contributed by atoms with Crippen LogP contribution in [0.1, 0.15) is 5.56 Å². The zero-order valence-corrected chi connectivity index (χ0v) is 12.5. The number of carboxylic acid groups (broad SMARTS) is 1. The van der Waals surface area contributed by atoms with E-state index in [0.717, 1.165) is 11.3 Å². The van der Waals surface area contributed by atoms with E-state index < -0.39 is 24.0 Å². The average molecular weight is 316 g/mol. The Morgan fingerprint density at radius 1 is 1.32 bits per heavy atom. The highest BCUT2D eigenvalue weighted by Gasteiger charge is 2.52. The topological polar surface area (TPSA) is 43.8 Å². The SMILES string of the molecule is CN(C)c1ccccc1CN1C[C@@H](C(F)(F)F)[C@H](C(=O)O)C1. The number of carbonyl (C=O) groups is 1. The van der Waals surface area contributed by atoms with Crippen molar-refractivity contribution in [1.82, 2.24) is 4.90 Å². The second-order valence-corrected chi connectivity index (χ2v) is 5.81. The molecule has 1 saturated heterocycles. The van der Waals surface area contributed by atoms with Crippen molar-refractivity contribution < 1.29 is 23.1 Å². The van der Waals surface area contributed by atoms with E-state index in [9.17, 15) is 18.0 Å². The number of likely N-dealkylation sites (tertiary alicyclic amines) is 1. The molecule has 0 radical (unpaired) electrons. The van der Waals surface area contributed by atoms with Gasteiger partial charge in [-0.1, -0.05) is 18.2 Å². The molecule has 2 atom stereocenters. The number of aliphatic carboxylic acids is 1. The number of anilines is 1. The summed E-state index contributed by atoms with van der Waals surface area (Å²) in [5, 5.41) is 9.04. The Labute approximate surface area is 127 Å². The van der Waals surface area contributed by atoms with Crippen LogP contribution in [0.15, 0.2) is 24.3 Å². The van der Waals surface area contributed by atoms with E-state index in [0.29, 0.717) is 6.54 Å². The van der Waals surface area contributed by atoms with Crippen LogP contribution in [0.3, 0.4) is 0 Å². The minimum Gasteiger partial charge on any atom is -0.481 e. The Kier molecular flexibility index (Phi) is 4.65. The summed E-state index contributed by atoms with van der Waals surface area (Å²) in [6, 6.07) is 7.43. The normalized spacial score (nSPS) is 22.8. The molecular formula is C15H19F3N2O2. The van der Waals surface area contributed by atoms with Gasteiger partial charge in [0, 0.05) is 39.4 Å². The molecule has 2 rings (SSSR count). The molecule has 1 heterocycles. The molecule has 1 fully saturated rings. The monoisotopic (exact) mass is 316 g/mol. The van der Waals surface area contributed by atoms with Gasteiger partial charge in [0.25, 0.3) is 0 Å². The van der Waals surface area contributed by atoms with E-state index in [4.69, 9.17) is 5.11 Å². The molecule has 1 aromatic carbocycles. The largest absolute Gasteiger partial charge is 0.481 e. The molecule has 4 nitrogen and oxygen atoms in total. The Balaban J connectivity index is 2.17. The standard InChI is InChI=1S/C15H19F3N2O2/c1-19(2)13-6-4-3-5-10(13)7-20-8-11(14(21)22)12(9-20)15(16,17)18/h3-6,11-12H,7-9H2,1-2H3,(H,21,22)/t11-,12-/m1/s1. The molecule has 1 aliphatic rings. The van der Waals surface area contributed by atoms with Crippen molar-refractivity contribution in [3.05, 3.63) is 29.8 Å². The fourth-order valence-corrected chi connectivity index (χ4v) is 2.92. The van der Waals surface area contributed by atoms with Crippen LogP contribution in [-0.4, -0.2) is 49.3 Å². The second-order valence-electron chi connectivity index (χ2n) is 5.81. The molecule has 0 amide bonds. The van der Waals surface area contributed by atoms with Crippen LogP contribution in [0, 0.1) is 11.8 Å². The second kappa shape index (κ2) is 6.16. The number of rotatable bonds is 4. The fourth-order valence-electron chi connectivity index (χ4n) is 2.92. The first-order valence-corrected chi connectivity index (χ1v) is 6.97. The predicted octanol–water partition coefficient (Wildman–Crippen LogP) is 2.45. The van der Waals surface area contributed by atoms with Gasteiger partial charge in [-0.25, -0.2) is 0 Å². The van der Waals surface area contributed by atoms with E-state index in [2.05, 4.69) is 0 Å². The lowest BCUT2D eigenvalue weighted by atomic mass is 9.96. The number of benzene rings is 1. The number of hydrogen-bond acceptors (Lipinski definition) is 3. The number of carboxylic acids is 1. The molecule has 1 N–H and O–H groups in total. The van der Waals surface area contributed by atoms with Crippen molar-refractivity contribution in [1.29, 1.82) is 0 Å². The molecular weight excluding hydrogens is 297 g/mol. The van der Waals surface area contributed by atoms with Gasteiger partial charge < -0.3 is 10.0 Å². The molecule has 0 spiro atoms. The molecule has 1 aromatic rings. The molecule has 0 saturated carbocycles. The minimum absolute atomic E-state index is 0.0821. The summed E-state index contributed by atoms with van der Waals surface area (Å²) in [4.78, 5) is 14.6. The lowest BCUT2D eigenvalue weighted by molar-refractivity contribution is -0.188. The van der Waals surface area contributed by atoms with Crippen molar-refractivity contribution in [2.24, 2.45) is 11.8 Å². The van der Waals surface area contributed by atoms with Crippen LogP contribution < -0.4 is 4.90 Å². The van der Waals surface area contributed by atoms with Gasteiger partial charge in [0.1, 0.15) is 0 Å². The zero-order valence-electron chi connectivity index (χ0n) is 12.5. The lowest BCUT2D eigenvalue weighted by Gasteiger charge is -2.22. The Morgan fingerprint density at radius 3 is 2.45 bits per heavy atom. The summed E-state index contributed by atoms with van der Waals surface area (Å²) >= 11 is 0. The molecule has 0 aliphatic carbocycles. The number of para-hydroxylation sites is 1. The highest BCUT2D eigenvalue weighted by atomic mass is 19.4. The van der Waals surface area contributed by atoms with Gasteiger partial charge >= 0.3 is 12.1 Å². The maximum atomic E-state index is 13.0. The van der Waals surface area contributed by atoms with Crippen LogP contribution >= 0.6 is 0 Å². The summed E-state index contributed by atoms with van der Waals surface area (Å²) in [5.41, 5.74) is 1.81. The zero-order chi connectivity index (χ0) is 16.5. The number of alkyl halides is 3. The van der Waals surface area contributed by atoms with Crippen molar-refractivity contribution in [2.45, 2.75) is 12.7 Å². The maximum Gasteiger partial charge on any atom is 0.393 e. The Hall–Kier alpha value is -1.76. The Bertz CT molecular complexity index is 546. The predicted molar refractivity (Wildman–Crippen MR) is 76.7 cm³/mol. The minimum atomic E-state index is -4.49. The van der Waals surface area contributed by atoms with Gasteiger partial charge in [0.05, 0.1) is 11.8 Å². The summed E-state index contributed by atoms with van der Waals surface area (Å²) in [6.07, 6.45) is -4.49. The van der Waals surface area contributed by atoms with Gasteiger partial charge in [-0.3, -0.25) is 9.69 Å². The number of hydrogen-bond donors (Lipinski definition) is 1. The van der Waals surface area contributed by atoms with Crippen molar-refractivity contribution in [3.63, 3.8) is 0 Å². The smallest absolute Gasteiger partial charge is 0.393 e. The number of nitrogens with zero attached hydrogens (tertiary/aromatic N) is 2. The van der Waals surface area contributed by atoms with Crippen molar-refractivity contribution in [3.8, 4) is 0 Å². The molecule has 122 valence electrons. The first-order valence-electron chi connectivity index (χ1n) is 6.97. The van der Waals surface area contributed by atoms with Gasteiger partial charge in [0.15, 0.2) is 0 Å². The summed E-state index contributed by atoms with van der Waals surface area (Å²) in [5.74, 6) is -4.59. The molecule has 0 aromatic heterocycles. The third kappa shape index (κ3) is 3.52. The van der Waals surface area contributed by atoms with Gasteiger partial charge in [0.2, 0.25) is 0 Å². The molecule has 0 unspecified atom stereocenters. The van der Waals surface area contributed by atoms with E-state index in [1.807, 2.05) is 43.3 Å². The maximum absolute atomic E-state index is 13.0. The highest BCUT2D eigenvalue weighted by molar-refractivity contribution is 5.71. The van der Waals surface area contributed by atoms with E-state index in [-0.39, 0.29) is 13.1 Å². The number of halogens is 3. The van der Waals surface area contributed by atoms with Gasteiger partial charge in [-0.05, 0) is 11.6 Å². The third-order valence-electron chi connectivity index (χ3n) is 4.00. The summed E-state index contributed by atoms with van der Waals surface area (Å²) < 4.78 is 39.0. The molecule has 22 heavy (non-hydrogen) atoms. The van der Waals surface area contributed by atoms with E-state index in [1.165, 1.54) is 0 Å². The van der Waals surface area contributed by atoms with Crippen LogP contribution in [0.2, 0.25) is 0 Å². The van der Waals surface area contributed by atoms with Crippen LogP contribution in [0.4, 0.5) is 18.9 Å². The lowest BCUT2D eigenvalue weighted by Crippen LogP contribution is -2.33. The Morgan fingerprint density at radius 2 is 1.95 bits per heavy atom. The van der Waals surface area contributed by atoms with E-state index in [1.54, 1.807) is 4.90 Å². The van der Waals surface area contributed by atoms with Crippen LogP contribution in [0.5, 0.6) is 0 Å². The van der Waals surface area contributed by atoms with Crippen LogP contribution in [0.25, 0.3) is 0 Å². The van der Waals surface area contributed by atoms with Gasteiger partial charge in [-0.2, -0.15) is 13.2 Å². The molecule has 7 heteroatoms. The first kappa shape index (κ1) is 16.6. The van der Waals surface area contributed by atoms with E-state index >= 15 is 0 Å². The fraction of sp³-hybridized carbons (Fsp3) is 0.533. The van der Waals surface area contributed by atoms with Crippen LogP contribution in [-0.2, 0) is 11.3 Å². The third-order valence-corrected chi connectivity index (χ3v) is 4.00. The highest BCUT2D eigenvalue weighted by Crippen LogP contribution is 2.38. The van der Waals surface area contributed by atoms with Gasteiger partial charge in [-0.15, -0.1) is 0 Å². The molecule has 1 aliphatic heterocycles. The quantitative estimate of drug-likeness (QED) is 0.927.